The normalized spacial score (nSPS) is 15.7. The molecule has 0 bridgehead atoms. The molecule has 1 N–H and O–H groups in total. The lowest BCUT2D eigenvalue weighted by Gasteiger charge is -2.22. The quantitative estimate of drug-likeness (QED) is 0.632. The average Bonchev–Trinajstić information content (AvgIpc) is 2.59. The molecule has 0 unspecified atom stereocenters. The molecule has 0 fully saturated rings. The van der Waals surface area contributed by atoms with Crippen LogP contribution in [0.1, 0.15) is 50.7 Å². The van der Waals surface area contributed by atoms with Crippen LogP contribution >= 0.6 is 0 Å². The molecule has 0 amide bonds. The molecule has 27 heavy (non-hydrogen) atoms. The van der Waals surface area contributed by atoms with Crippen molar-refractivity contribution < 1.29 is 17.9 Å². The van der Waals surface area contributed by atoms with E-state index in [2.05, 4.69) is 29.1 Å². The molecule has 1 aromatic carbocycles. The Morgan fingerprint density at radius 3 is 2.33 bits per heavy atom. The Bertz CT molecular complexity index is 736. The molecular formula is C20H28F3N3O. The summed E-state index contributed by atoms with van der Waals surface area (Å²) < 4.78 is 44.8. The number of fused-ring (bicyclic) bond motifs is 1. The number of nitrogens with zero attached hydrogens (tertiary/aromatic N) is 2. The van der Waals surface area contributed by atoms with Crippen molar-refractivity contribution in [1.82, 2.24) is 15.3 Å². The molecular weight excluding hydrogens is 355 g/mol. The van der Waals surface area contributed by atoms with Gasteiger partial charge in [-0.05, 0) is 43.2 Å². The van der Waals surface area contributed by atoms with Crippen LogP contribution in [0, 0.1) is 5.92 Å². The molecule has 0 spiro atoms. The molecule has 1 heterocycles. The van der Waals surface area contributed by atoms with Gasteiger partial charge in [-0.25, -0.2) is 0 Å². The van der Waals surface area contributed by atoms with Crippen LogP contribution in [0.3, 0.4) is 0 Å². The predicted octanol–water partition coefficient (Wildman–Crippen LogP) is 4.79. The Hall–Kier alpha value is -1.73. The van der Waals surface area contributed by atoms with Gasteiger partial charge < -0.3 is 10.1 Å². The van der Waals surface area contributed by atoms with Gasteiger partial charge in [0.2, 0.25) is 0 Å². The summed E-state index contributed by atoms with van der Waals surface area (Å²) in [6.45, 7) is 7.82. The van der Waals surface area contributed by atoms with Gasteiger partial charge >= 0.3 is 6.18 Å². The van der Waals surface area contributed by atoms with E-state index < -0.39 is 11.7 Å². The summed E-state index contributed by atoms with van der Waals surface area (Å²) in [5, 5.41) is 3.41. The minimum Gasteiger partial charge on any atom is -0.383 e. The first-order valence-electron chi connectivity index (χ1n) is 9.27. The van der Waals surface area contributed by atoms with Crippen molar-refractivity contribution in [3.05, 3.63) is 35.7 Å². The van der Waals surface area contributed by atoms with Crippen molar-refractivity contribution in [3.63, 3.8) is 0 Å². The van der Waals surface area contributed by atoms with E-state index in [4.69, 9.17) is 4.74 Å². The summed E-state index contributed by atoms with van der Waals surface area (Å²) in [5.74, 6) is 0.506. The summed E-state index contributed by atoms with van der Waals surface area (Å²) in [4.78, 5) is 8.16. The fraction of sp³-hybridized carbons (Fsp3) is 0.600. The van der Waals surface area contributed by atoms with Gasteiger partial charge in [0.15, 0.2) is 0 Å². The van der Waals surface area contributed by atoms with Crippen LogP contribution in [0.15, 0.2) is 24.5 Å². The summed E-state index contributed by atoms with van der Waals surface area (Å²) >= 11 is 0. The van der Waals surface area contributed by atoms with Gasteiger partial charge in [0.05, 0.1) is 17.7 Å². The van der Waals surface area contributed by atoms with Crippen molar-refractivity contribution in [1.29, 1.82) is 0 Å². The van der Waals surface area contributed by atoms with E-state index in [0.29, 0.717) is 24.1 Å². The summed E-state index contributed by atoms with van der Waals surface area (Å²) in [6, 6.07) is 3.03. The molecule has 150 valence electrons. The second-order valence-corrected chi connectivity index (χ2v) is 7.28. The van der Waals surface area contributed by atoms with Crippen LogP contribution in [0.5, 0.6) is 0 Å². The van der Waals surface area contributed by atoms with Gasteiger partial charge in [-0.1, -0.05) is 19.9 Å². The zero-order valence-corrected chi connectivity index (χ0v) is 16.3. The number of halogens is 3. The van der Waals surface area contributed by atoms with E-state index in [1.54, 1.807) is 13.2 Å². The first-order chi connectivity index (χ1) is 12.7. The molecule has 4 nitrogen and oxygen atoms in total. The molecule has 7 heteroatoms. The number of hydrogen-bond donors (Lipinski definition) is 1. The Balaban J connectivity index is 2.12. The first-order valence-corrected chi connectivity index (χ1v) is 9.27. The third kappa shape index (κ3) is 5.87. The zero-order chi connectivity index (χ0) is 20.0. The number of aromatic nitrogens is 2. The molecule has 2 rings (SSSR count). The van der Waals surface area contributed by atoms with Crippen LogP contribution in [-0.2, 0) is 10.9 Å². The number of nitrogens with one attached hydrogen (secondary N) is 1. The molecule has 0 saturated heterocycles. The lowest BCUT2D eigenvalue weighted by atomic mass is 9.87. The van der Waals surface area contributed by atoms with E-state index >= 15 is 0 Å². The Morgan fingerprint density at radius 2 is 1.70 bits per heavy atom. The zero-order valence-electron chi connectivity index (χ0n) is 16.3. The van der Waals surface area contributed by atoms with Crippen LogP contribution < -0.4 is 5.32 Å². The molecule has 1 aromatic heterocycles. The number of rotatable bonds is 9. The van der Waals surface area contributed by atoms with E-state index in [9.17, 15) is 13.2 Å². The second-order valence-electron chi connectivity index (χ2n) is 7.28. The maximum atomic E-state index is 13.2. The highest BCUT2D eigenvalue weighted by Crippen LogP contribution is 2.37. The second kappa shape index (κ2) is 9.46. The summed E-state index contributed by atoms with van der Waals surface area (Å²) in [7, 11) is 1.67. The molecule has 0 aliphatic heterocycles. The SMILES string of the molecule is COCCN[C@@H](C)C[C@H](C)C[C@@H](C)c1ccc(C(F)(F)F)c2nccnc12. The number of benzene rings is 1. The largest absolute Gasteiger partial charge is 0.418 e. The van der Waals surface area contributed by atoms with Crippen molar-refractivity contribution in [3.8, 4) is 0 Å². The monoisotopic (exact) mass is 383 g/mol. The van der Waals surface area contributed by atoms with E-state index in [1.165, 1.54) is 12.4 Å². The Morgan fingerprint density at radius 1 is 1.04 bits per heavy atom. The molecule has 0 aliphatic carbocycles. The third-order valence-electron chi connectivity index (χ3n) is 4.80. The average molecular weight is 383 g/mol. The standard InChI is InChI=1S/C20H28F3N3O/c1-13(12-15(3)24-9-10-27-4)11-14(2)16-5-6-17(20(21,22)23)19-18(16)25-7-8-26-19/h5-8,13-15,24H,9-12H2,1-4H3/t13-,14-,15+/m1/s1. The number of hydrogen-bond acceptors (Lipinski definition) is 4. The van der Waals surface area contributed by atoms with Gasteiger partial charge in [0.1, 0.15) is 5.52 Å². The molecule has 0 aliphatic rings. The van der Waals surface area contributed by atoms with Crippen molar-refractivity contribution >= 4 is 11.0 Å². The maximum Gasteiger partial charge on any atom is 0.418 e. The van der Waals surface area contributed by atoms with Crippen LogP contribution in [0.4, 0.5) is 13.2 Å². The smallest absolute Gasteiger partial charge is 0.383 e. The maximum absolute atomic E-state index is 13.2. The first kappa shape index (κ1) is 21.6. The van der Waals surface area contributed by atoms with Crippen LogP contribution in [0.2, 0.25) is 0 Å². The van der Waals surface area contributed by atoms with E-state index in [1.807, 2.05) is 6.92 Å². The Labute approximate surface area is 158 Å². The van der Waals surface area contributed by atoms with Crippen LogP contribution in [0.25, 0.3) is 11.0 Å². The highest BCUT2D eigenvalue weighted by molar-refractivity contribution is 5.82. The molecule has 3 atom stereocenters. The molecule has 0 saturated carbocycles. The van der Waals surface area contributed by atoms with Crippen molar-refractivity contribution in [2.45, 2.75) is 51.7 Å². The fourth-order valence-electron chi connectivity index (χ4n) is 3.62. The fourth-order valence-corrected chi connectivity index (χ4v) is 3.62. The third-order valence-corrected chi connectivity index (χ3v) is 4.80. The van der Waals surface area contributed by atoms with E-state index in [0.717, 1.165) is 31.0 Å². The van der Waals surface area contributed by atoms with Gasteiger partial charge in [0, 0.05) is 32.1 Å². The minimum absolute atomic E-state index is 0.0726. The number of methoxy groups -OCH3 is 1. The summed E-state index contributed by atoms with van der Waals surface area (Å²) in [5.41, 5.74) is 0.360. The lowest BCUT2D eigenvalue weighted by molar-refractivity contribution is -0.136. The predicted molar refractivity (Wildman–Crippen MR) is 101 cm³/mol. The van der Waals surface area contributed by atoms with Gasteiger partial charge in [0.25, 0.3) is 0 Å². The van der Waals surface area contributed by atoms with Crippen LogP contribution in [-0.4, -0.2) is 36.3 Å². The number of alkyl halides is 3. The van der Waals surface area contributed by atoms with E-state index in [-0.39, 0.29) is 11.4 Å². The highest BCUT2D eigenvalue weighted by Gasteiger charge is 2.34. The van der Waals surface area contributed by atoms with Gasteiger partial charge in [-0.3, -0.25) is 9.97 Å². The topological polar surface area (TPSA) is 47.0 Å². The van der Waals surface area contributed by atoms with Crippen molar-refractivity contribution in [2.75, 3.05) is 20.3 Å². The molecule has 0 radical (unpaired) electrons. The lowest BCUT2D eigenvalue weighted by Crippen LogP contribution is -2.30. The minimum atomic E-state index is -4.44. The summed E-state index contributed by atoms with van der Waals surface area (Å²) in [6.07, 6.45) is 0.171. The Kier molecular flexibility index (Phi) is 7.56. The number of ether oxygens (including phenoxy) is 1. The highest BCUT2D eigenvalue weighted by atomic mass is 19.4. The molecule has 2 aromatic rings. The van der Waals surface area contributed by atoms with Gasteiger partial charge in [-0.2, -0.15) is 13.2 Å². The van der Waals surface area contributed by atoms with Gasteiger partial charge in [-0.15, -0.1) is 0 Å². The van der Waals surface area contributed by atoms with Crippen molar-refractivity contribution in [2.24, 2.45) is 5.92 Å².